The van der Waals surface area contributed by atoms with E-state index in [2.05, 4.69) is 15.3 Å². The number of aryl methyl sites for hydroxylation is 2. The van der Waals surface area contributed by atoms with Crippen molar-refractivity contribution in [1.29, 1.82) is 0 Å². The van der Waals surface area contributed by atoms with Crippen LogP contribution in [0.15, 0.2) is 35.4 Å². The Kier molecular flexibility index (Phi) is 6.32. The van der Waals surface area contributed by atoms with Crippen LogP contribution in [0.5, 0.6) is 0 Å². The lowest BCUT2D eigenvalue weighted by Gasteiger charge is -2.15. The third-order valence-electron chi connectivity index (χ3n) is 5.81. The maximum absolute atomic E-state index is 13.4. The average molecular weight is 439 g/mol. The summed E-state index contributed by atoms with van der Waals surface area (Å²) in [5.74, 6) is 0.290. The Morgan fingerprint density at radius 3 is 2.69 bits per heavy atom. The molecule has 3 heterocycles. The summed E-state index contributed by atoms with van der Waals surface area (Å²) in [7, 11) is 0. The highest BCUT2D eigenvalue weighted by molar-refractivity contribution is 5.95. The number of rotatable bonds is 8. The van der Waals surface area contributed by atoms with Crippen LogP contribution in [0.2, 0.25) is 0 Å². The number of anilines is 1. The number of aliphatic hydroxyl groups is 1. The second kappa shape index (κ2) is 9.16. The van der Waals surface area contributed by atoms with E-state index in [1.165, 1.54) is 4.57 Å². The number of alkyl halides is 1. The zero-order valence-electron chi connectivity index (χ0n) is 18.3. The van der Waals surface area contributed by atoms with Gasteiger partial charge in [-0.25, -0.2) is 9.37 Å². The first-order valence-corrected chi connectivity index (χ1v) is 11.0. The lowest BCUT2D eigenvalue weighted by Crippen LogP contribution is -2.24. The largest absolute Gasteiger partial charge is 0.387 e. The predicted molar refractivity (Wildman–Crippen MR) is 121 cm³/mol. The maximum Gasteiger partial charge on any atom is 0.259 e. The molecule has 7 nitrogen and oxygen atoms in total. The summed E-state index contributed by atoms with van der Waals surface area (Å²) in [4.78, 5) is 34.1. The predicted octanol–water partition coefficient (Wildman–Crippen LogP) is 3.92. The summed E-state index contributed by atoms with van der Waals surface area (Å²) in [5.41, 5.74) is 2.56. The number of pyridine rings is 3. The molecule has 0 aliphatic heterocycles. The minimum absolute atomic E-state index is 0.0252. The van der Waals surface area contributed by atoms with Crippen molar-refractivity contribution in [3.05, 3.63) is 52.2 Å². The molecule has 32 heavy (non-hydrogen) atoms. The van der Waals surface area contributed by atoms with Gasteiger partial charge in [0.2, 0.25) is 5.91 Å². The molecule has 0 saturated heterocycles. The molecule has 2 N–H and O–H groups in total. The highest BCUT2D eigenvalue weighted by atomic mass is 19.1. The van der Waals surface area contributed by atoms with Crippen molar-refractivity contribution >= 4 is 22.6 Å². The first-order chi connectivity index (χ1) is 15.4. The molecule has 0 aromatic carbocycles. The fourth-order valence-corrected chi connectivity index (χ4v) is 3.88. The summed E-state index contributed by atoms with van der Waals surface area (Å²) < 4.78 is 14.7. The van der Waals surface area contributed by atoms with Gasteiger partial charge >= 0.3 is 0 Å². The molecular weight excluding hydrogens is 411 g/mol. The summed E-state index contributed by atoms with van der Waals surface area (Å²) in [5, 5.41) is 13.7. The number of carbonyl (C=O) groups is 1. The molecule has 3 aromatic heterocycles. The van der Waals surface area contributed by atoms with Gasteiger partial charge < -0.3 is 15.0 Å². The van der Waals surface area contributed by atoms with Gasteiger partial charge in [-0.1, -0.05) is 13.3 Å². The van der Waals surface area contributed by atoms with Gasteiger partial charge in [-0.05, 0) is 43.9 Å². The number of hydrogen-bond acceptors (Lipinski definition) is 5. The molecule has 1 amide bonds. The molecule has 1 unspecified atom stereocenters. The topological polar surface area (TPSA) is 97.1 Å². The molecule has 0 radical (unpaired) electrons. The van der Waals surface area contributed by atoms with Crippen molar-refractivity contribution < 1.29 is 14.3 Å². The highest BCUT2D eigenvalue weighted by Crippen LogP contribution is 2.31. The number of amides is 1. The maximum atomic E-state index is 13.4. The van der Waals surface area contributed by atoms with Crippen LogP contribution in [0, 0.1) is 12.8 Å². The van der Waals surface area contributed by atoms with E-state index in [1.54, 1.807) is 30.6 Å². The Morgan fingerprint density at radius 1 is 1.25 bits per heavy atom. The summed E-state index contributed by atoms with van der Waals surface area (Å²) in [6, 6.07) is 5.12. The lowest BCUT2D eigenvalue weighted by molar-refractivity contribution is -0.117. The first kappa shape index (κ1) is 22.1. The van der Waals surface area contributed by atoms with Crippen LogP contribution < -0.4 is 10.9 Å². The van der Waals surface area contributed by atoms with Crippen molar-refractivity contribution in [2.75, 3.05) is 12.0 Å². The minimum atomic E-state index is -0.704. The van der Waals surface area contributed by atoms with Crippen LogP contribution in [0.3, 0.4) is 0 Å². The van der Waals surface area contributed by atoms with E-state index in [1.807, 2.05) is 13.8 Å². The average Bonchev–Trinajstić information content (AvgIpc) is 3.62. The molecule has 8 heteroatoms. The Bertz CT molecular complexity index is 1220. The zero-order valence-corrected chi connectivity index (χ0v) is 18.3. The molecule has 1 aliphatic carbocycles. The van der Waals surface area contributed by atoms with Crippen LogP contribution in [0.25, 0.3) is 22.0 Å². The third-order valence-corrected chi connectivity index (χ3v) is 5.81. The van der Waals surface area contributed by atoms with Crippen molar-refractivity contribution in [2.45, 2.75) is 52.2 Å². The number of halogens is 1. The first-order valence-electron chi connectivity index (χ1n) is 11.0. The molecule has 1 atom stereocenters. The van der Waals surface area contributed by atoms with Gasteiger partial charge in [0.15, 0.2) is 0 Å². The SMILES string of the molecule is CCCC(O)c1cc(C)c(-c2cc3cnc(NC(=O)C4CC4)cc3n(CCF)c2=O)cn1. The molecule has 168 valence electrons. The molecule has 1 saturated carbocycles. The van der Waals surface area contributed by atoms with Gasteiger partial charge in [0.1, 0.15) is 12.5 Å². The summed E-state index contributed by atoms with van der Waals surface area (Å²) in [6.45, 7) is 3.04. The Hall–Kier alpha value is -3.13. The molecule has 1 fully saturated rings. The van der Waals surface area contributed by atoms with Crippen LogP contribution >= 0.6 is 0 Å². The van der Waals surface area contributed by atoms with Gasteiger partial charge in [-0.2, -0.15) is 0 Å². The fourth-order valence-electron chi connectivity index (χ4n) is 3.88. The highest BCUT2D eigenvalue weighted by Gasteiger charge is 2.30. The van der Waals surface area contributed by atoms with E-state index in [0.717, 1.165) is 24.8 Å². The van der Waals surface area contributed by atoms with Crippen LogP contribution in [0.4, 0.5) is 10.2 Å². The van der Waals surface area contributed by atoms with Crippen molar-refractivity contribution in [2.24, 2.45) is 5.92 Å². The molecule has 0 spiro atoms. The van der Waals surface area contributed by atoms with Crippen LogP contribution in [0.1, 0.15) is 50.0 Å². The molecule has 0 bridgehead atoms. The number of aliphatic hydroxyl groups excluding tert-OH is 1. The Balaban J connectivity index is 1.78. The number of nitrogens with zero attached hydrogens (tertiary/aromatic N) is 3. The number of fused-ring (bicyclic) bond motifs is 1. The minimum Gasteiger partial charge on any atom is -0.387 e. The molecule has 3 aromatic rings. The summed E-state index contributed by atoms with van der Waals surface area (Å²) >= 11 is 0. The Morgan fingerprint density at radius 2 is 2.03 bits per heavy atom. The third kappa shape index (κ3) is 4.41. The number of hydrogen-bond donors (Lipinski definition) is 2. The molecule has 4 rings (SSSR count). The fraction of sp³-hybridized carbons (Fsp3) is 0.417. The number of aromatic nitrogens is 3. The second-order valence-corrected chi connectivity index (χ2v) is 8.32. The van der Waals surface area contributed by atoms with Crippen LogP contribution in [-0.2, 0) is 11.3 Å². The van der Waals surface area contributed by atoms with Gasteiger partial charge in [0.05, 0.1) is 23.9 Å². The van der Waals surface area contributed by atoms with E-state index in [0.29, 0.717) is 40.0 Å². The zero-order chi connectivity index (χ0) is 22.8. The van der Waals surface area contributed by atoms with Gasteiger partial charge in [0.25, 0.3) is 5.56 Å². The van der Waals surface area contributed by atoms with Crippen molar-refractivity contribution in [1.82, 2.24) is 14.5 Å². The van der Waals surface area contributed by atoms with Gasteiger partial charge in [-0.3, -0.25) is 14.6 Å². The van der Waals surface area contributed by atoms with Crippen LogP contribution in [-0.4, -0.2) is 32.2 Å². The molecule has 1 aliphatic rings. The number of nitrogens with one attached hydrogen (secondary N) is 1. The summed E-state index contributed by atoms with van der Waals surface area (Å²) in [6.07, 6.45) is 5.70. The van der Waals surface area contributed by atoms with E-state index >= 15 is 0 Å². The standard InChI is InChI=1S/C24H27FN4O3/c1-3-4-21(30)19-9-14(2)18(13-26-19)17-10-16-12-27-22(28-23(31)15-5-6-15)11-20(16)29(8-7-25)24(17)32/h9-13,15,21,30H,3-8H2,1-2H3,(H,27,28,31). The van der Waals surface area contributed by atoms with Gasteiger partial charge in [0, 0.05) is 40.9 Å². The monoisotopic (exact) mass is 438 g/mol. The normalized spacial score (nSPS) is 14.5. The quantitative estimate of drug-likeness (QED) is 0.556. The van der Waals surface area contributed by atoms with Gasteiger partial charge in [-0.15, -0.1) is 0 Å². The second-order valence-electron chi connectivity index (χ2n) is 8.32. The van der Waals surface area contributed by atoms with Crippen molar-refractivity contribution in [3.63, 3.8) is 0 Å². The van der Waals surface area contributed by atoms with E-state index in [4.69, 9.17) is 0 Å². The smallest absolute Gasteiger partial charge is 0.259 e. The van der Waals surface area contributed by atoms with Crippen molar-refractivity contribution in [3.8, 4) is 11.1 Å². The molecular formula is C24H27FN4O3. The lowest BCUT2D eigenvalue weighted by atomic mass is 10.00. The van der Waals surface area contributed by atoms with E-state index in [-0.39, 0.29) is 23.9 Å². The van der Waals surface area contributed by atoms with E-state index in [9.17, 15) is 19.1 Å². The number of carbonyl (C=O) groups excluding carboxylic acids is 1. The van der Waals surface area contributed by atoms with E-state index < -0.39 is 12.8 Å². The Labute approximate surface area is 185 Å².